The standard InChI is InChI=1S/C12H17N3O2/c1-2-12(17)10-7-13-15(8-10)11-3-5-14(9-16)6-4-11/h7-9,11H,2-6H2,1H3. The van der Waals surface area contributed by atoms with Gasteiger partial charge >= 0.3 is 0 Å². The van der Waals surface area contributed by atoms with Crippen LogP contribution in [0.4, 0.5) is 0 Å². The highest BCUT2D eigenvalue weighted by Crippen LogP contribution is 2.21. The molecule has 0 radical (unpaired) electrons. The molecule has 1 aromatic heterocycles. The molecule has 1 saturated heterocycles. The minimum absolute atomic E-state index is 0.126. The first-order valence-corrected chi connectivity index (χ1v) is 6.01. The molecule has 17 heavy (non-hydrogen) atoms. The minimum Gasteiger partial charge on any atom is -0.345 e. The summed E-state index contributed by atoms with van der Waals surface area (Å²) in [4.78, 5) is 23.9. The zero-order chi connectivity index (χ0) is 12.3. The summed E-state index contributed by atoms with van der Waals surface area (Å²) in [7, 11) is 0. The van der Waals surface area contributed by atoms with E-state index in [1.54, 1.807) is 11.1 Å². The van der Waals surface area contributed by atoms with Crippen LogP contribution >= 0.6 is 0 Å². The van der Waals surface area contributed by atoms with Crippen molar-refractivity contribution in [2.24, 2.45) is 0 Å². The number of aromatic nitrogens is 2. The second-order valence-corrected chi connectivity index (χ2v) is 4.36. The Morgan fingerprint density at radius 1 is 1.53 bits per heavy atom. The number of Topliss-reactive ketones (excluding diaryl/α,β-unsaturated/α-hetero) is 1. The van der Waals surface area contributed by atoms with Gasteiger partial charge in [-0.2, -0.15) is 5.10 Å². The van der Waals surface area contributed by atoms with Crippen LogP contribution in [0.3, 0.4) is 0 Å². The maximum absolute atomic E-state index is 11.5. The fraction of sp³-hybridized carbons (Fsp3) is 0.583. The van der Waals surface area contributed by atoms with Crippen molar-refractivity contribution in [1.29, 1.82) is 0 Å². The van der Waals surface area contributed by atoms with Gasteiger partial charge in [-0.3, -0.25) is 14.3 Å². The second-order valence-electron chi connectivity index (χ2n) is 4.36. The third kappa shape index (κ3) is 2.54. The topological polar surface area (TPSA) is 55.2 Å². The first-order valence-electron chi connectivity index (χ1n) is 6.01. The van der Waals surface area contributed by atoms with E-state index in [0.717, 1.165) is 32.3 Å². The number of nitrogens with zero attached hydrogens (tertiary/aromatic N) is 3. The van der Waals surface area contributed by atoms with Gasteiger partial charge in [-0.15, -0.1) is 0 Å². The number of hydrogen-bond donors (Lipinski definition) is 0. The van der Waals surface area contributed by atoms with Crippen molar-refractivity contribution in [3.8, 4) is 0 Å². The molecule has 0 bridgehead atoms. The largest absolute Gasteiger partial charge is 0.345 e. The Morgan fingerprint density at radius 2 is 2.24 bits per heavy atom. The molecule has 0 aliphatic carbocycles. The van der Waals surface area contributed by atoms with Gasteiger partial charge in [0.15, 0.2) is 5.78 Å². The number of ketones is 1. The molecule has 2 rings (SSSR count). The van der Waals surface area contributed by atoms with Crippen LogP contribution in [0, 0.1) is 0 Å². The molecule has 0 unspecified atom stereocenters. The van der Waals surface area contributed by atoms with E-state index in [1.807, 2.05) is 17.8 Å². The first kappa shape index (κ1) is 11.8. The lowest BCUT2D eigenvalue weighted by molar-refractivity contribution is -0.119. The Balaban J connectivity index is 2.01. The number of piperidine rings is 1. The number of carbonyl (C=O) groups is 2. The maximum atomic E-state index is 11.5. The van der Waals surface area contributed by atoms with Crippen LogP contribution in [-0.2, 0) is 4.79 Å². The fourth-order valence-corrected chi connectivity index (χ4v) is 2.14. The number of carbonyl (C=O) groups excluding carboxylic acids is 2. The van der Waals surface area contributed by atoms with Crippen molar-refractivity contribution >= 4 is 12.2 Å². The average Bonchev–Trinajstić information content (AvgIpc) is 2.87. The van der Waals surface area contributed by atoms with E-state index in [4.69, 9.17) is 0 Å². The van der Waals surface area contributed by atoms with Crippen LogP contribution in [0.2, 0.25) is 0 Å². The molecule has 0 saturated carbocycles. The number of rotatable bonds is 4. The molecule has 5 heteroatoms. The van der Waals surface area contributed by atoms with Gasteiger partial charge in [-0.25, -0.2) is 0 Å². The smallest absolute Gasteiger partial charge is 0.209 e. The Labute approximate surface area is 100 Å². The molecule has 1 fully saturated rings. The monoisotopic (exact) mass is 235 g/mol. The zero-order valence-corrected chi connectivity index (χ0v) is 10.0. The van der Waals surface area contributed by atoms with Gasteiger partial charge in [0.05, 0.1) is 17.8 Å². The Bertz CT molecular complexity index is 406. The van der Waals surface area contributed by atoms with Gasteiger partial charge in [-0.1, -0.05) is 6.92 Å². The highest BCUT2D eigenvalue weighted by Gasteiger charge is 2.20. The Hall–Kier alpha value is -1.65. The predicted octanol–water partition coefficient (Wildman–Crippen LogP) is 1.27. The van der Waals surface area contributed by atoms with Gasteiger partial charge in [0, 0.05) is 25.7 Å². The predicted molar refractivity (Wildman–Crippen MR) is 62.8 cm³/mol. The van der Waals surface area contributed by atoms with E-state index in [2.05, 4.69) is 5.10 Å². The quantitative estimate of drug-likeness (QED) is 0.583. The molecule has 0 atom stereocenters. The van der Waals surface area contributed by atoms with E-state index in [1.165, 1.54) is 0 Å². The number of likely N-dealkylation sites (tertiary alicyclic amines) is 1. The van der Waals surface area contributed by atoms with E-state index in [9.17, 15) is 9.59 Å². The Kier molecular flexibility index (Phi) is 3.56. The van der Waals surface area contributed by atoms with Crippen LogP contribution in [0.25, 0.3) is 0 Å². The lowest BCUT2D eigenvalue weighted by Gasteiger charge is -2.29. The summed E-state index contributed by atoms with van der Waals surface area (Å²) in [6.45, 7) is 3.39. The lowest BCUT2D eigenvalue weighted by atomic mass is 10.1. The maximum Gasteiger partial charge on any atom is 0.209 e. The van der Waals surface area contributed by atoms with Crippen molar-refractivity contribution in [3.05, 3.63) is 18.0 Å². The number of amides is 1. The summed E-state index contributed by atoms with van der Waals surface area (Å²) in [6.07, 6.45) is 6.67. The third-order valence-corrected chi connectivity index (χ3v) is 3.27. The van der Waals surface area contributed by atoms with Crippen molar-refractivity contribution in [3.63, 3.8) is 0 Å². The molecule has 1 aliphatic heterocycles. The molecule has 1 aliphatic rings. The number of hydrogen-bond acceptors (Lipinski definition) is 3. The Morgan fingerprint density at radius 3 is 2.82 bits per heavy atom. The zero-order valence-electron chi connectivity index (χ0n) is 10.0. The van der Waals surface area contributed by atoms with Gasteiger partial charge in [0.25, 0.3) is 0 Å². The molecule has 0 aromatic carbocycles. The molecule has 0 N–H and O–H groups in total. The normalized spacial score (nSPS) is 17.1. The fourth-order valence-electron chi connectivity index (χ4n) is 2.14. The minimum atomic E-state index is 0.126. The molecular weight excluding hydrogens is 218 g/mol. The summed E-state index contributed by atoms with van der Waals surface area (Å²) in [6, 6.07) is 0.310. The van der Waals surface area contributed by atoms with E-state index >= 15 is 0 Å². The highest BCUT2D eigenvalue weighted by molar-refractivity contribution is 5.95. The van der Waals surface area contributed by atoms with Gasteiger partial charge in [0.2, 0.25) is 6.41 Å². The van der Waals surface area contributed by atoms with Crippen LogP contribution in [-0.4, -0.2) is 40.0 Å². The molecular formula is C12H17N3O2. The first-order chi connectivity index (χ1) is 8.24. The summed E-state index contributed by atoms with van der Waals surface area (Å²) in [5.74, 6) is 0.126. The summed E-state index contributed by atoms with van der Waals surface area (Å²) >= 11 is 0. The van der Waals surface area contributed by atoms with Gasteiger partial charge in [-0.05, 0) is 12.8 Å². The molecule has 5 nitrogen and oxygen atoms in total. The summed E-state index contributed by atoms with van der Waals surface area (Å²) in [5, 5.41) is 4.25. The second kappa shape index (κ2) is 5.12. The molecule has 1 aromatic rings. The molecule has 1 amide bonds. The van der Waals surface area contributed by atoms with Crippen molar-refractivity contribution < 1.29 is 9.59 Å². The lowest BCUT2D eigenvalue weighted by Crippen LogP contribution is -2.33. The van der Waals surface area contributed by atoms with Crippen LogP contribution in [0.5, 0.6) is 0 Å². The van der Waals surface area contributed by atoms with Gasteiger partial charge in [0.1, 0.15) is 0 Å². The van der Waals surface area contributed by atoms with Crippen LogP contribution in [0.1, 0.15) is 42.6 Å². The summed E-state index contributed by atoms with van der Waals surface area (Å²) in [5.41, 5.74) is 0.685. The van der Waals surface area contributed by atoms with E-state index < -0.39 is 0 Å². The van der Waals surface area contributed by atoms with Crippen LogP contribution < -0.4 is 0 Å². The van der Waals surface area contributed by atoms with Crippen LogP contribution in [0.15, 0.2) is 12.4 Å². The highest BCUT2D eigenvalue weighted by atomic mass is 16.1. The molecule has 2 heterocycles. The van der Waals surface area contributed by atoms with Crippen molar-refractivity contribution in [2.75, 3.05) is 13.1 Å². The molecule has 92 valence electrons. The average molecular weight is 235 g/mol. The SMILES string of the molecule is CCC(=O)c1cnn(C2CCN(C=O)CC2)c1. The van der Waals surface area contributed by atoms with E-state index in [0.29, 0.717) is 18.0 Å². The summed E-state index contributed by atoms with van der Waals surface area (Å²) < 4.78 is 1.87. The van der Waals surface area contributed by atoms with E-state index in [-0.39, 0.29) is 5.78 Å². The molecule has 0 spiro atoms. The van der Waals surface area contributed by atoms with Gasteiger partial charge < -0.3 is 4.90 Å². The van der Waals surface area contributed by atoms with Crippen molar-refractivity contribution in [2.45, 2.75) is 32.2 Å². The third-order valence-electron chi connectivity index (χ3n) is 3.27. The van der Waals surface area contributed by atoms with Crippen molar-refractivity contribution in [1.82, 2.24) is 14.7 Å².